The van der Waals surface area contributed by atoms with Crippen molar-refractivity contribution in [3.63, 3.8) is 0 Å². The number of esters is 1. The Balaban J connectivity index is 1.47. The van der Waals surface area contributed by atoms with Crippen molar-refractivity contribution in [3.8, 4) is 6.07 Å². The van der Waals surface area contributed by atoms with Crippen LogP contribution < -0.4 is 5.32 Å². The molecule has 0 bridgehead atoms. The first kappa shape index (κ1) is 25.0. The van der Waals surface area contributed by atoms with Gasteiger partial charge in [0.2, 0.25) is 5.91 Å². The molecule has 0 radical (unpaired) electrons. The molecule has 1 unspecified atom stereocenters. The van der Waals surface area contributed by atoms with Crippen molar-refractivity contribution >= 4 is 17.7 Å². The molecule has 0 aromatic carbocycles. The first-order chi connectivity index (χ1) is 16.9. The first-order valence-corrected chi connectivity index (χ1v) is 12.8. The normalized spacial score (nSPS) is 19.3. The minimum absolute atomic E-state index is 0.0972. The van der Waals surface area contributed by atoms with Crippen molar-refractivity contribution in [3.05, 3.63) is 34.3 Å². The van der Waals surface area contributed by atoms with E-state index in [0.29, 0.717) is 36.3 Å². The predicted molar refractivity (Wildman–Crippen MR) is 132 cm³/mol. The average molecular weight is 481 g/mol. The number of carbonyl (C=O) groups excluding carboxylic acids is 2. The maximum atomic E-state index is 13.2. The fourth-order valence-electron chi connectivity index (χ4n) is 5.68. The monoisotopic (exact) mass is 480 g/mol. The van der Waals surface area contributed by atoms with E-state index in [2.05, 4.69) is 31.1 Å². The number of aromatic amines is 1. The van der Waals surface area contributed by atoms with Crippen LogP contribution in [0.1, 0.15) is 96.7 Å². The molecule has 2 aromatic heterocycles. The molecule has 3 heterocycles. The molecule has 4 rings (SSSR count). The van der Waals surface area contributed by atoms with Crippen molar-refractivity contribution in [2.45, 2.75) is 77.7 Å². The highest BCUT2D eigenvalue weighted by molar-refractivity contribution is 5.93. The lowest BCUT2D eigenvalue weighted by Crippen LogP contribution is -2.40. The van der Waals surface area contributed by atoms with Crippen LogP contribution in [0, 0.1) is 25.2 Å². The summed E-state index contributed by atoms with van der Waals surface area (Å²) in [6.45, 7) is 7.80. The third-order valence-electron chi connectivity index (χ3n) is 7.53. The summed E-state index contributed by atoms with van der Waals surface area (Å²) in [6, 6.07) is 2.64. The maximum absolute atomic E-state index is 13.2. The van der Waals surface area contributed by atoms with Crippen LogP contribution in [0.3, 0.4) is 0 Å². The molecule has 188 valence electrons. The number of nitriles is 1. The van der Waals surface area contributed by atoms with Gasteiger partial charge < -0.3 is 14.6 Å². The lowest BCUT2D eigenvalue weighted by Gasteiger charge is -2.32. The summed E-state index contributed by atoms with van der Waals surface area (Å²) in [5.41, 5.74) is 3.82. The van der Waals surface area contributed by atoms with Crippen molar-refractivity contribution in [1.29, 1.82) is 5.26 Å². The Morgan fingerprint density at radius 1 is 1.23 bits per heavy atom. The molecular formula is C26H36N6O3. The van der Waals surface area contributed by atoms with Crippen molar-refractivity contribution in [2.24, 2.45) is 0 Å². The zero-order valence-electron chi connectivity index (χ0n) is 21.0. The van der Waals surface area contributed by atoms with Gasteiger partial charge in [-0.2, -0.15) is 10.4 Å². The molecule has 9 heteroatoms. The van der Waals surface area contributed by atoms with Gasteiger partial charge in [-0.3, -0.25) is 14.8 Å². The van der Waals surface area contributed by atoms with E-state index in [1.807, 2.05) is 13.8 Å². The highest BCUT2D eigenvalue weighted by Crippen LogP contribution is 2.37. The van der Waals surface area contributed by atoms with Crippen LogP contribution in [0.25, 0.3) is 0 Å². The van der Waals surface area contributed by atoms with Gasteiger partial charge in [0, 0.05) is 29.8 Å². The van der Waals surface area contributed by atoms with E-state index < -0.39 is 5.97 Å². The van der Waals surface area contributed by atoms with Crippen LogP contribution in [-0.2, 0) is 9.53 Å². The summed E-state index contributed by atoms with van der Waals surface area (Å²) in [5, 5.41) is 19.8. The number of aromatic nitrogens is 3. The summed E-state index contributed by atoms with van der Waals surface area (Å²) in [6.07, 6.45) is 9.28. The molecule has 1 aliphatic heterocycles. The van der Waals surface area contributed by atoms with Crippen LogP contribution >= 0.6 is 0 Å². The van der Waals surface area contributed by atoms with E-state index in [0.717, 1.165) is 49.0 Å². The lowest BCUT2D eigenvalue weighted by molar-refractivity contribution is -0.117. The minimum Gasteiger partial charge on any atom is -0.461 e. The number of rotatable bonds is 7. The Morgan fingerprint density at radius 3 is 2.71 bits per heavy atom. The molecule has 1 amide bonds. The van der Waals surface area contributed by atoms with Crippen LogP contribution in [0.15, 0.2) is 6.20 Å². The summed E-state index contributed by atoms with van der Waals surface area (Å²) in [4.78, 5) is 27.6. The predicted octanol–water partition coefficient (Wildman–Crippen LogP) is 4.20. The molecule has 1 saturated heterocycles. The Hall–Kier alpha value is -3.12. The number of carbonyl (C=O) groups is 2. The number of hydrogen-bond acceptors (Lipinski definition) is 6. The highest BCUT2D eigenvalue weighted by atomic mass is 16.5. The first-order valence-electron chi connectivity index (χ1n) is 12.8. The van der Waals surface area contributed by atoms with E-state index >= 15 is 0 Å². The molecule has 2 aromatic rings. The second-order valence-electron chi connectivity index (χ2n) is 9.75. The summed E-state index contributed by atoms with van der Waals surface area (Å²) in [5.74, 6) is 0.231. The van der Waals surface area contributed by atoms with Gasteiger partial charge in [-0.25, -0.2) is 4.79 Å². The van der Waals surface area contributed by atoms with E-state index in [-0.39, 0.29) is 18.4 Å². The molecule has 9 nitrogen and oxygen atoms in total. The van der Waals surface area contributed by atoms with Gasteiger partial charge in [0.25, 0.3) is 0 Å². The van der Waals surface area contributed by atoms with Gasteiger partial charge in [0.15, 0.2) is 0 Å². The molecule has 0 spiro atoms. The quantitative estimate of drug-likeness (QED) is 0.574. The fourth-order valence-corrected chi connectivity index (χ4v) is 5.68. The van der Waals surface area contributed by atoms with E-state index in [4.69, 9.17) is 4.74 Å². The van der Waals surface area contributed by atoms with Gasteiger partial charge in [-0.15, -0.1) is 0 Å². The van der Waals surface area contributed by atoms with Crippen LogP contribution in [0.5, 0.6) is 0 Å². The highest BCUT2D eigenvalue weighted by Gasteiger charge is 2.30. The van der Waals surface area contributed by atoms with Gasteiger partial charge >= 0.3 is 5.97 Å². The number of nitrogens with zero attached hydrogens (tertiary/aromatic N) is 4. The van der Waals surface area contributed by atoms with Crippen LogP contribution in [-0.4, -0.2) is 57.8 Å². The molecule has 1 aliphatic carbocycles. The third-order valence-corrected chi connectivity index (χ3v) is 7.53. The number of hydrogen-bond donors (Lipinski definition) is 2. The standard InChI is InChI=1S/C26H36N6O3/c1-4-35-26(34)24-22(14-28-30-24)19-9-8-12-31(15-19)16-23(33)29-25-21(13-27)17(2)18(3)32(25)20-10-6-5-7-11-20/h14,19-20H,4-12,15-16H2,1-3H3,(H,28,30)(H,29,33). The van der Waals surface area contributed by atoms with Crippen molar-refractivity contribution in [2.75, 3.05) is 31.6 Å². The van der Waals surface area contributed by atoms with Gasteiger partial charge in [0.05, 0.1) is 24.9 Å². The zero-order chi connectivity index (χ0) is 24.9. The number of amides is 1. The van der Waals surface area contributed by atoms with E-state index in [1.165, 1.54) is 19.3 Å². The number of piperidine rings is 1. The summed E-state index contributed by atoms with van der Waals surface area (Å²) < 4.78 is 7.35. The molecule has 2 fully saturated rings. The smallest absolute Gasteiger partial charge is 0.356 e. The average Bonchev–Trinajstić information content (AvgIpc) is 3.43. The Morgan fingerprint density at radius 2 is 2.00 bits per heavy atom. The van der Waals surface area contributed by atoms with Gasteiger partial charge in [-0.1, -0.05) is 19.3 Å². The third kappa shape index (κ3) is 5.27. The molecule has 1 atom stereocenters. The van der Waals surface area contributed by atoms with E-state index in [1.54, 1.807) is 13.1 Å². The second-order valence-corrected chi connectivity index (χ2v) is 9.75. The minimum atomic E-state index is -0.395. The lowest BCUT2D eigenvalue weighted by atomic mass is 9.91. The second kappa shape index (κ2) is 11.1. The maximum Gasteiger partial charge on any atom is 0.356 e. The summed E-state index contributed by atoms with van der Waals surface area (Å²) >= 11 is 0. The number of nitrogens with one attached hydrogen (secondary N) is 2. The van der Waals surface area contributed by atoms with Crippen molar-refractivity contribution in [1.82, 2.24) is 19.7 Å². The zero-order valence-corrected chi connectivity index (χ0v) is 21.0. The van der Waals surface area contributed by atoms with Gasteiger partial charge in [0.1, 0.15) is 17.6 Å². The Bertz CT molecular complexity index is 1110. The Kier molecular flexibility index (Phi) is 7.91. The summed E-state index contributed by atoms with van der Waals surface area (Å²) in [7, 11) is 0. The van der Waals surface area contributed by atoms with Crippen molar-refractivity contribution < 1.29 is 14.3 Å². The number of H-pyrrole nitrogens is 1. The number of ether oxygens (including phenoxy) is 1. The molecule has 1 saturated carbocycles. The van der Waals surface area contributed by atoms with Gasteiger partial charge in [-0.05, 0) is 58.6 Å². The van der Waals surface area contributed by atoms with Crippen LogP contribution in [0.4, 0.5) is 5.82 Å². The molecule has 35 heavy (non-hydrogen) atoms. The Labute approximate surface area is 206 Å². The van der Waals surface area contributed by atoms with E-state index in [9.17, 15) is 14.9 Å². The molecule has 2 N–H and O–H groups in total. The topological polar surface area (TPSA) is 116 Å². The number of anilines is 1. The SMILES string of the molecule is CCOC(=O)c1[nH]ncc1C1CCCN(CC(=O)Nc2c(C#N)c(C)c(C)n2C2CCCCC2)C1. The fraction of sp³-hybridized carbons (Fsp3) is 0.615. The largest absolute Gasteiger partial charge is 0.461 e. The molecular weight excluding hydrogens is 444 g/mol. The number of likely N-dealkylation sites (tertiary alicyclic amines) is 1. The molecule has 2 aliphatic rings. The van der Waals surface area contributed by atoms with Crippen LogP contribution in [0.2, 0.25) is 0 Å².